The lowest BCUT2D eigenvalue weighted by atomic mass is 10.2. The molecule has 0 fully saturated rings. The van der Waals surface area contributed by atoms with Crippen LogP contribution in [0, 0.1) is 0 Å². The molecule has 0 unspecified atom stereocenters. The summed E-state index contributed by atoms with van der Waals surface area (Å²) in [6.45, 7) is 4.90. The fourth-order valence-electron chi connectivity index (χ4n) is 3.43. The van der Waals surface area contributed by atoms with E-state index in [1.54, 1.807) is 42.5 Å². The van der Waals surface area contributed by atoms with E-state index in [1.165, 1.54) is 7.11 Å². The molecule has 202 valence electrons. The van der Waals surface area contributed by atoms with Crippen LogP contribution in [0.1, 0.15) is 5.56 Å². The minimum absolute atomic E-state index is 0.107. The zero-order chi connectivity index (χ0) is 27.9. The predicted molar refractivity (Wildman–Crippen MR) is 144 cm³/mol. The quantitative estimate of drug-likeness (QED) is 0.295. The molecular formula is C26H30F3N7O2. The summed E-state index contributed by atoms with van der Waals surface area (Å²) >= 11 is 0. The molecule has 0 spiro atoms. The third kappa shape index (κ3) is 7.35. The van der Waals surface area contributed by atoms with Crippen molar-refractivity contribution in [3.05, 3.63) is 66.9 Å². The Labute approximate surface area is 219 Å². The van der Waals surface area contributed by atoms with E-state index in [4.69, 9.17) is 4.74 Å². The number of para-hydroxylation sites is 1. The molecule has 0 atom stereocenters. The topological polar surface area (TPSA) is 94.6 Å². The lowest BCUT2D eigenvalue weighted by Gasteiger charge is -2.26. The number of halogens is 3. The van der Waals surface area contributed by atoms with Gasteiger partial charge in [-0.3, -0.25) is 4.79 Å². The third-order valence-corrected chi connectivity index (χ3v) is 5.43. The standard InChI is InChI=1S/C26H30F3N7O2/c1-6-23(37)32-19-14-20(22(38-5)15-21(19)36(4)13-12-35(2)3)33-25-30-16-18(26(27,28)29)24(34-25)31-17-10-8-7-9-11-17/h6-11,14-16H,1,12-13H2,2-5H3,(H,32,37)(H2,30,31,33,34). The van der Waals surface area contributed by atoms with Crippen molar-refractivity contribution in [3.8, 4) is 5.75 Å². The van der Waals surface area contributed by atoms with Gasteiger partial charge in [-0.05, 0) is 38.4 Å². The number of nitrogens with one attached hydrogen (secondary N) is 3. The van der Waals surface area contributed by atoms with Crippen LogP contribution in [0.15, 0.2) is 61.3 Å². The van der Waals surface area contributed by atoms with Crippen LogP contribution in [0.4, 0.5) is 47.7 Å². The average molecular weight is 530 g/mol. The molecule has 38 heavy (non-hydrogen) atoms. The van der Waals surface area contributed by atoms with Crippen LogP contribution in [-0.4, -0.2) is 62.1 Å². The summed E-state index contributed by atoms with van der Waals surface area (Å²) < 4.78 is 46.5. The largest absolute Gasteiger partial charge is 0.494 e. The van der Waals surface area contributed by atoms with Crippen molar-refractivity contribution < 1.29 is 22.7 Å². The monoisotopic (exact) mass is 529 g/mol. The van der Waals surface area contributed by atoms with Crippen LogP contribution in [0.5, 0.6) is 5.75 Å². The van der Waals surface area contributed by atoms with Gasteiger partial charge >= 0.3 is 6.18 Å². The number of likely N-dealkylation sites (N-methyl/N-ethyl adjacent to an activating group) is 2. The predicted octanol–water partition coefficient (Wildman–Crippen LogP) is 5.11. The van der Waals surface area contributed by atoms with E-state index in [-0.39, 0.29) is 5.95 Å². The number of hydrogen-bond donors (Lipinski definition) is 3. The number of rotatable bonds is 11. The number of anilines is 6. The summed E-state index contributed by atoms with van der Waals surface area (Å²) in [5.74, 6) is -0.581. The van der Waals surface area contributed by atoms with E-state index in [0.717, 1.165) is 12.6 Å². The van der Waals surface area contributed by atoms with Crippen molar-refractivity contribution in [3.63, 3.8) is 0 Å². The van der Waals surface area contributed by atoms with Gasteiger partial charge in [-0.15, -0.1) is 0 Å². The van der Waals surface area contributed by atoms with Gasteiger partial charge in [0.2, 0.25) is 11.9 Å². The van der Waals surface area contributed by atoms with Crippen molar-refractivity contribution in [2.45, 2.75) is 6.18 Å². The van der Waals surface area contributed by atoms with Crippen LogP contribution in [0.3, 0.4) is 0 Å². The van der Waals surface area contributed by atoms with Crippen LogP contribution in [-0.2, 0) is 11.0 Å². The van der Waals surface area contributed by atoms with Crippen LogP contribution >= 0.6 is 0 Å². The number of nitrogens with zero attached hydrogens (tertiary/aromatic N) is 4. The molecule has 3 aromatic rings. The number of carbonyl (C=O) groups excluding carboxylic acids is 1. The molecule has 0 aliphatic carbocycles. The Hall–Kier alpha value is -4.32. The summed E-state index contributed by atoms with van der Waals surface area (Å²) in [6, 6.07) is 11.7. The van der Waals surface area contributed by atoms with E-state index in [9.17, 15) is 18.0 Å². The first-order chi connectivity index (χ1) is 18.0. The zero-order valence-electron chi connectivity index (χ0n) is 21.6. The fourth-order valence-corrected chi connectivity index (χ4v) is 3.43. The lowest BCUT2D eigenvalue weighted by Crippen LogP contribution is -2.29. The Bertz CT molecular complexity index is 1270. The van der Waals surface area contributed by atoms with Gasteiger partial charge in [0.05, 0.1) is 24.2 Å². The van der Waals surface area contributed by atoms with Crippen LogP contribution in [0.2, 0.25) is 0 Å². The second kappa shape index (κ2) is 12.3. The summed E-state index contributed by atoms with van der Waals surface area (Å²) in [4.78, 5) is 24.1. The first-order valence-corrected chi connectivity index (χ1v) is 11.6. The Morgan fingerprint density at radius 3 is 2.39 bits per heavy atom. The summed E-state index contributed by atoms with van der Waals surface area (Å²) in [5, 5.41) is 8.39. The fraction of sp³-hybridized carbons (Fsp3) is 0.269. The molecule has 1 amide bonds. The molecule has 0 bridgehead atoms. The highest BCUT2D eigenvalue weighted by atomic mass is 19.4. The number of hydrogen-bond acceptors (Lipinski definition) is 8. The van der Waals surface area contributed by atoms with Gasteiger partial charge in [0.15, 0.2) is 0 Å². The molecule has 2 aromatic carbocycles. The molecule has 9 nitrogen and oxygen atoms in total. The molecule has 0 saturated heterocycles. The number of benzene rings is 2. The van der Waals surface area contributed by atoms with Crippen molar-refractivity contribution in [2.75, 3.05) is 62.2 Å². The van der Waals surface area contributed by atoms with Crippen molar-refractivity contribution in [1.82, 2.24) is 14.9 Å². The van der Waals surface area contributed by atoms with Gasteiger partial charge < -0.3 is 30.5 Å². The maximum Gasteiger partial charge on any atom is 0.421 e. The van der Waals surface area contributed by atoms with Crippen LogP contribution in [0.25, 0.3) is 0 Å². The molecule has 0 radical (unpaired) electrons. The summed E-state index contributed by atoms with van der Waals surface area (Å²) in [5.41, 5.74) is 0.857. The van der Waals surface area contributed by atoms with Crippen molar-refractivity contribution in [2.24, 2.45) is 0 Å². The number of aromatic nitrogens is 2. The Morgan fingerprint density at radius 2 is 1.79 bits per heavy atom. The maximum atomic E-state index is 13.7. The van der Waals surface area contributed by atoms with E-state index >= 15 is 0 Å². The number of amides is 1. The highest BCUT2D eigenvalue weighted by molar-refractivity contribution is 6.02. The Morgan fingerprint density at radius 1 is 1.08 bits per heavy atom. The SMILES string of the molecule is C=CC(=O)Nc1cc(Nc2ncc(C(F)(F)F)c(Nc3ccccc3)n2)c(OC)cc1N(C)CCN(C)C. The van der Waals surface area contributed by atoms with E-state index in [2.05, 4.69) is 32.5 Å². The number of carbonyl (C=O) groups is 1. The highest BCUT2D eigenvalue weighted by Gasteiger charge is 2.35. The molecule has 0 aliphatic rings. The molecule has 3 rings (SSSR count). The first-order valence-electron chi connectivity index (χ1n) is 11.6. The van der Waals surface area contributed by atoms with Gasteiger partial charge in [0.25, 0.3) is 0 Å². The Kier molecular flexibility index (Phi) is 9.13. The number of methoxy groups -OCH3 is 1. The normalized spacial score (nSPS) is 11.2. The molecule has 1 heterocycles. The minimum Gasteiger partial charge on any atom is -0.494 e. The smallest absolute Gasteiger partial charge is 0.421 e. The molecule has 12 heteroatoms. The molecule has 1 aromatic heterocycles. The minimum atomic E-state index is -4.67. The van der Waals surface area contributed by atoms with E-state index < -0.39 is 23.5 Å². The van der Waals surface area contributed by atoms with Gasteiger partial charge in [-0.2, -0.15) is 18.2 Å². The lowest BCUT2D eigenvalue weighted by molar-refractivity contribution is -0.137. The summed E-state index contributed by atoms with van der Waals surface area (Å²) in [7, 11) is 7.23. The summed E-state index contributed by atoms with van der Waals surface area (Å²) in [6.07, 6.45) is -2.83. The first kappa shape index (κ1) is 28.3. The maximum absolute atomic E-state index is 13.7. The molecule has 3 N–H and O–H groups in total. The number of alkyl halides is 3. The molecule has 0 saturated carbocycles. The average Bonchev–Trinajstić information content (AvgIpc) is 2.87. The van der Waals surface area contributed by atoms with Gasteiger partial charge in [0, 0.05) is 38.1 Å². The van der Waals surface area contributed by atoms with Crippen LogP contribution < -0.4 is 25.6 Å². The van der Waals surface area contributed by atoms with Gasteiger partial charge in [-0.25, -0.2) is 4.98 Å². The highest BCUT2D eigenvalue weighted by Crippen LogP contribution is 2.39. The van der Waals surface area contributed by atoms with Gasteiger partial charge in [0.1, 0.15) is 17.1 Å². The van der Waals surface area contributed by atoms with Crippen molar-refractivity contribution >= 4 is 40.4 Å². The van der Waals surface area contributed by atoms with Gasteiger partial charge in [-0.1, -0.05) is 24.8 Å². The Balaban J connectivity index is 2.02. The van der Waals surface area contributed by atoms with E-state index in [0.29, 0.717) is 41.2 Å². The molecular weight excluding hydrogens is 499 g/mol. The number of ether oxygens (including phenoxy) is 1. The van der Waals surface area contributed by atoms with E-state index in [1.807, 2.05) is 30.9 Å². The van der Waals surface area contributed by atoms with Crippen molar-refractivity contribution in [1.29, 1.82) is 0 Å². The second-order valence-corrected chi connectivity index (χ2v) is 8.56. The molecule has 0 aliphatic heterocycles. The third-order valence-electron chi connectivity index (χ3n) is 5.43. The zero-order valence-corrected chi connectivity index (χ0v) is 21.6. The second-order valence-electron chi connectivity index (χ2n) is 8.56.